The largest absolute Gasteiger partial charge is 0.867 e. The quantitative estimate of drug-likeness (QED) is 0.237. The van der Waals surface area contributed by atoms with E-state index in [2.05, 4.69) is 38.2 Å². The van der Waals surface area contributed by atoms with Gasteiger partial charge >= 0.3 is 128 Å². The molecular weight excluding hydrogens is 552 g/mol. The first-order chi connectivity index (χ1) is 19.9. The van der Waals surface area contributed by atoms with Crippen molar-refractivity contribution < 1.29 is 48.3 Å². The van der Waals surface area contributed by atoms with E-state index in [0.29, 0.717) is 23.0 Å². The van der Waals surface area contributed by atoms with Crippen LogP contribution in [0.25, 0.3) is 0 Å². The van der Waals surface area contributed by atoms with Crippen molar-refractivity contribution in [2.24, 2.45) is 0 Å². The Morgan fingerprint density at radius 3 is 1.24 bits per heavy atom. The number of ether oxygens (including phenoxy) is 4. The molecule has 0 bridgehead atoms. The number of benzene rings is 2. The average molecular weight is 597 g/mol. The average Bonchev–Trinajstić information content (AvgIpc) is 3.65. The van der Waals surface area contributed by atoms with Crippen LogP contribution in [0.3, 0.4) is 0 Å². The molecule has 0 radical (unpaired) electrons. The Hall–Kier alpha value is -3.09. The minimum absolute atomic E-state index is 0.0137. The molecule has 2 aromatic rings. The van der Waals surface area contributed by atoms with Crippen molar-refractivity contribution in [2.45, 2.75) is 65.2 Å². The molecule has 41 heavy (non-hydrogen) atoms. The third-order valence-corrected chi connectivity index (χ3v) is 9.31. The molecule has 7 heteroatoms. The van der Waals surface area contributed by atoms with Gasteiger partial charge in [-0.1, -0.05) is 12.1 Å². The Morgan fingerprint density at radius 1 is 0.610 bits per heavy atom. The Morgan fingerprint density at radius 2 is 0.951 bits per heavy atom. The van der Waals surface area contributed by atoms with Crippen molar-refractivity contribution >= 4 is 0 Å². The zero-order valence-electron chi connectivity index (χ0n) is 25.4. The molecule has 0 saturated carbocycles. The Bertz CT molecular complexity index is 1070. The first-order valence-corrected chi connectivity index (χ1v) is 15.8. The van der Waals surface area contributed by atoms with Gasteiger partial charge in [0.25, 0.3) is 0 Å². The van der Waals surface area contributed by atoms with Gasteiger partial charge in [-0.05, 0) is 35.8 Å². The summed E-state index contributed by atoms with van der Waals surface area (Å²) in [5, 5.41) is 22.4. The summed E-state index contributed by atoms with van der Waals surface area (Å²) in [7, 11) is 5.82. The summed E-state index contributed by atoms with van der Waals surface area (Å²) in [5.74, 6) is 0.817. The van der Waals surface area contributed by atoms with Gasteiger partial charge in [-0.3, -0.25) is 0 Å². The summed E-state index contributed by atoms with van der Waals surface area (Å²) in [6, 6.07) is 9.82. The summed E-state index contributed by atoms with van der Waals surface area (Å²) in [5.41, 5.74) is 3.38. The van der Waals surface area contributed by atoms with Gasteiger partial charge < -0.3 is 29.2 Å². The fourth-order valence-electron chi connectivity index (χ4n) is 4.38. The van der Waals surface area contributed by atoms with Crippen LogP contribution < -0.4 is 29.2 Å². The van der Waals surface area contributed by atoms with E-state index in [1.807, 2.05) is 7.76 Å². The fraction of sp³-hybridized carbons (Fsp3) is 0.412. The fourth-order valence-corrected chi connectivity index (χ4v) is 6.79. The second-order valence-electron chi connectivity index (χ2n) is 9.54. The summed E-state index contributed by atoms with van der Waals surface area (Å²) in [4.78, 5) is 0. The second-order valence-corrected chi connectivity index (χ2v) is 11.8. The summed E-state index contributed by atoms with van der Waals surface area (Å²) < 4.78 is 22.8. The van der Waals surface area contributed by atoms with Crippen LogP contribution in [0.2, 0.25) is 0 Å². The van der Waals surface area contributed by atoms with Crippen LogP contribution in [0, 0.1) is 0 Å². The summed E-state index contributed by atoms with van der Waals surface area (Å²) in [6.45, 7) is 4.59. The molecule has 0 aliphatic heterocycles. The monoisotopic (exact) mass is 596 g/mol. The molecule has 2 aliphatic carbocycles. The predicted octanol–water partition coefficient (Wildman–Crippen LogP) is 7.43. The molecule has 0 atom stereocenters. The van der Waals surface area contributed by atoms with E-state index in [1.54, 1.807) is 47.5 Å². The molecule has 6 nitrogen and oxygen atoms in total. The van der Waals surface area contributed by atoms with Crippen LogP contribution in [0.5, 0.6) is 34.5 Å². The van der Waals surface area contributed by atoms with E-state index in [-0.39, 0.29) is 30.7 Å². The molecule has 0 fully saturated rings. The first kappa shape index (κ1) is 34.1. The maximum atomic E-state index is 11.2. The number of hydrogen-bond donors (Lipinski definition) is 0. The van der Waals surface area contributed by atoms with Gasteiger partial charge in [-0.25, -0.2) is 0 Å². The van der Waals surface area contributed by atoms with Crippen molar-refractivity contribution in [3.8, 4) is 34.5 Å². The maximum absolute atomic E-state index is 11.2. The third-order valence-electron chi connectivity index (χ3n) is 6.72. The summed E-state index contributed by atoms with van der Waals surface area (Å²) >= 11 is -0.0137. The van der Waals surface area contributed by atoms with E-state index in [4.69, 9.17) is 18.9 Å². The number of unbranched alkanes of at least 4 members (excludes halogenated alkanes) is 2. The van der Waals surface area contributed by atoms with E-state index in [9.17, 15) is 10.2 Å². The molecule has 2 aromatic carbocycles. The van der Waals surface area contributed by atoms with Crippen molar-refractivity contribution in [3.63, 3.8) is 0 Å². The number of hydrogen-bond acceptors (Lipinski definition) is 6. The molecule has 0 unspecified atom stereocenters. The number of methoxy groups -OCH3 is 4. The van der Waals surface area contributed by atoms with Crippen LogP contribution >= 0.6 is 0 Å². The minimum Gasteiger partial charge on any atom is -0.867 e. The van der Waals surface area contributed by atoms with Gasteiger partial charge in [0.15, 0.2) is 0 Å². The Balaban J connectivity index is 0.000000230. The molecule has 220 valence electrons. The van der Waals surface area contributed by atoms with E-state index < -0.39 is 0 Å². The van der Waals surface area contributed by atoms with Gasteiger partial charge in [0.05, 0.1) is 28.4 Å². The van der Waals surface area contributed by atoms with Crippen molar-refractivity contribution in [1.82, 2.24) is 0 Å². The van der Waals surface area contributed by atoms with Gasteiger partial charge in [0.2, 0.25) is 0 Å². The number of allylic oxidation sites excluding steroid dienone is 8. The van der Waals surface area contributed by atoms with Crippen LogP contribution in [0.15, 0.2) is 79.6 Å². The normalized spacial score (nSPS) is 13.2. The molecule has 2 aliphatic rings. The molecular formula is C34H44O6Ti. The number of rotatable bonds is 12. The molecule has 0 saturated heterocycles. The standard InChI is InChI=1S/2C9H13.2C8H10O3.Ti/c2*1-2-3-6-9-7-4-5-8-9;2*1-10-6-4-3-5-7(11-2)8(6)9;/h2*4,7H,2-3,5-6H2,1H3;2*3-5,9H,1-2H3;/q;;;;+2/p-2. The number of para-hydroxylation sites is 2. The Kier molecular flexibility index (Phi) is 15.9. The maximum Gasteiger partial charge on any atom is 0.114 e. The molecule has 0 heterocycles. The van der Waals surface area contributed by atoms with Crippen molar-refractivity contribution in [1.29, 1.82) is 0 Å². The smallest absolute Gasteiger partial charge is 0.114 e. The van der Waals surface area contributed by atoms with E-state index in [1.165, 1.54) is 79.8 Å². The van der Waals surface area contributed by atoms with Crippen LogP contribution in [0.1, 0.15) is 65.2 Å². The molecule has 0 spiro atoms. The van der Waals surface area contributed by atoms with Gasteiger partial charge in [0.1, 0.15) is 23.0 Å². The molecule has 0 aromatic heterocycles. The van der Waals surface area contributed by atoms with Gasteiger partial charge in [-0.2, -0.15) is 0 Å². The van der Waals surface area contributed by atoms with Crippen LogP contribution in [-0.2, 0) is 19.2 Å². The van der Waals surface area contributed by atoms with E-state index in [0.717, 1.165) is 0 Å². The first-order valence-electron chi connectivity index (χ1n) is 14.2. The zero-order chi connectivity index (χ0) is 30.0. The zero-order valence-corrected chi connectivity index (χ0v) is 26.9. The van der Waals surface area contributed by atoms with Crippen molar-refractivity contribution in [3.05, 3.63) is 79.6 Å². The van der Waals surface area contributed by atoms with Gasteiger partial charge in [-0.15, -0.1) is 0 Å². The molecule has 4 rings (SSSR count). The molecule has 0 N–H and O–H groups in total. The van der Waals surface area contributed by atoms with Crippen molar-refractivity contribution in [2.75, 3.05) is 28.4 Å². The molecule has 0 amide bonds. The SMILES string of the molecule is CCCCC1=[C]([Ti+2][C]2=C(CCCC)C=CC2)CC=C1.COc1cccc(OC)c1[O-].COc1cccc(OC)c1[O-]. The van der Waals surface area contributed by atoms with Crippen LogP contribution in [-0.4, -0.2) is 28.4 Å². The summed E-state index contributed by atoms with van der Waals surface area (Å²) in [6.07, 6.45) is 20.1. The van der Waals surface area contributed by atoms with E-state index >= 15 is 0 Å². The van der Waals surface area contributed by atoms with Crippen LogP contribution in [0.4, 0.5) is 0 Å². The third kappa shape index (κ3) is 10.7. The minimum atomic E-state index is -0.211. The predicted molar refractivity (Wildman–Crippen MR) is 159 cm³/mol. The Labute approximate surface area is 255 Å². The topological polar surface area (TPSA) is 83.0 Å². The van der Waals surface area contributed by atoms with Gasteiger partial charge in [0, 0.05) is 0 Å². The second kappa shape index (κ2) is 19.1.